The number of nitrogens with zero attached hydrogens (tertiary/aromatic N) is 2. The number of hydrogen-bond donors (Lipinski definition) is 0. The lowest BCUT2D eigenvalue weighted by atomic mass is 10.0. The first-order valence-electron chi connectivity index (χ1n) is 10.7. The van der Waals surface area contributed by atoms with Gasteiger partial charge < -0.3 is 13.9 Å². The van der Waals surface area contributed by atoms with E-state index in [1.165, 1.54) is 0 Å². The fourth-order valence-electron chi connectivity index (χ4n) is 4.27. The molecule has 2 aliphatic heterocycles. The van der Waals surface area contributed by atoms with Crippen LogP contribution in [0.1, 0.15) is 12.0 Å². The van der Waals surface area contributed by atoms with Gasteiger partial charge in [-0.1, -0.05) is 23.7 Å². The summed E-state index contributed by atoms with van der Waals surface area (Å²) >= 11 is 5.98. The number of ether oxygens (including phenoxy) is 2. The monoisotopic (exact) mass is 440 g/mol. The highest BCUT2D eigenvalue weighted by Gasteiger charge is 2.23. The van der Waals surface area contributed by atoms with Crippen LogP contribution in [0.2, 0.25) is 5.02 Å². The molecule has 0 N–H and O–H groups in total. The Morgan fingerprint density at radius 2 is 1.74 bits per heavy atom. The van der Waals surface area contributed by atoms with E-state index in [1.54, 1.807) is 24.5 Å². The zero-order valence-electron chi connectivity index (χ0n) is 17.3. The lowest BCUT2D eigenvalue weighted by Gasteiger charge is -2.31. The summed E-state index contributed by atoms with van der Waals surface area (Å²) in [6.45, 7) is 6.90. The maximum Gasteiger partial charge on any atom is 0.200 e. The van der Waals surface area contributed by atoms with Gasteiger partial charge in [-0.25, -0.2) is 0 Å². The molecule has 0 saturated carbocycles. The molecule has 0 aliphatic carbocycles. The molecule has 1 fully saturated rings. The molecule has 7 heteroatoms. The Morgan fingerprint density at radius 3 is 2.55 bits per heavy atom. The zero-order valence-corrected chi connectivity index (χ0v) is 18.1. The summed E-state index contributed by atoms with van der Waals surface area (Å²) in [7, 11) is 0. The molecule has 162 valence electrons. The van der Waals surface area contributed by atoms with Crippen molar-refractivity contribution in [2.45, 2.75) is 13.0 Å². The Bertz CT molecular complexity index is 1120. The summed E-state index contributed by atoms with van der Waals surface area (Å²) in [6.07, 6.45) is 2.61. The summed E-state index contributed by atoms with van der Waals surface area (Å²) in [5.41, 5.74) is 2.82. The molecule has 5 rings (SSSR count). The number of hydrogen-bond acceptors (Lipinski definition) is 6. The van der Waals surface area contributed by atoms with Gasteiger partial charge in [0.15, 0.2) is 0 Å². The minimum atomic E-state index is -0.0455. The second kappa shape index (κ2) is 9.01. The summed E-state index contributed by atoms with van der Waals surface area (Å²) < 4.78 is 17.4. The minimum Gasteiger partial charge on any atom is -0.478 e. The summed E-state index contributed by atoms with van der Waals surface area (Å²) in [6, 6.07) is 10.9. The van der Waals surface area contributed by atoms with Crippen LogP contribution in [0.25, 0.3) is 22.1 Å². The van der Waals surface area contributed by atoms with Gasteiger partial charge >= 0.3 is 0 Å². The van der Waals surface area contributed by atoms with Crippen molar-refractivity contribution in [3.8, 4) is 16.9 Å². The average molecular weight is 441 g/mol. The standard InChI is InChI=1S/C24H25ClN2O4/c25-18-4-2-17(3-5-18)21-15-30-24-19(23(21)28)6-7-22-20(24)14-27(16-31-22)9-1-8-26-10-12-29-13-11-26/h2-7,15H,1,8-14,16H2. The Hall–Kier alpha value is -2.38. The van der Waals surface area contributed by atoms with Crippen molar-refractivity contribution < 1.29 is 13.9 Å². The van der Waals surface area contributed by atoms with Crippen molar-refractivity contribution in [3.05, 3.63) is 63.5 Å². The first kappa shape index (κ1) is 20.5. The largest absolute Gasteiger partial charge is 0.478 e. The van der Waals surface area contributed by atoms with Gasteiger partial charge in [-0.2, -0.15) is 0 Å². The van der Waals surface area contributed by atoms with Crippen LogP contribution in [0.5, 0.6) is 5.75 Å². The third kappa shape index (κ3) is 4.34. The minimum absolute atomic E-state index is 0.0455. The van der Waals surface area contributed by atoms with Crippen molar-refractivity contribution >= 4 is 22.6 Å². The van der Waals surface area contributed by atoms with Crippen LogP contribution < -0.4 is 10.2 Å². The number of fused-ring (bicyclic) bond motifs is 3. The normalized spacial score (nSPS) is 17.5. The van der Waals surface area contributed by atoms with Gasteiger partial charge in [0.2, 0.25) is 5.43 Å². The molecule has 1 aromatic heterocycles. The Morgan fingerprint density at radius 1 is 0.968 bits per heavy atom. The van der Waals surface area contributed by atoms with E-state index in [4.69, 9.17) is 25.5 Å². The molecule has 1 saturated heterocycles. The molecular weight excluding hydrogens is 416 g/mol. The van der Waals surface area contributed by atoms with Crippen LogP contribution in [-0.2, 0) is 11.3 Å². The van der Waals surface area contributed by atoms with Crippen LogP contribution in [0, 0.1) is 0 Å². The second-order valence-corrected chi connectivity index (χ2v) is 8.47. The summed E-state index contributed by atoms with van der Waals surface area (Å²) in [5.74, 6) is 0.791. The van der Waals surface area contributed by atoms with Crippen LogP contribution >= 0.6 is 11.6 Å². The molecule has 0 unspecified atom stereocenters. The molecule has 3 heterocycles. The highest BCUT2D eigenvalue weighted by Crippen LogP contribution is 2.32. The van der Waals surface area contributed by atoms with E-state index in [2.05, 4.69) is 9.80 Å². The van der Waals surface area contributed by atoms with Crippen molar-refractivity contribution in [1.82, 2.24) is 9.80 Å². The van der Waals surface area contributed by atoms with Crippen LogP contribution in [0.3, 0.4) is 0 Å². The molecule has 0 bridgehead atoms. The highest BCUT2D eigenvalue weighted by atomic mass is 35.5. The fourth-order valence-corrected chi connectivity index (χ4v) is 4.40. The third-order valence-electron chi connectivity index (χ3n) is 5.99. The topological polar surface area (TPSA) is 55.2 Å². The SMILES string of the molecule is O=c1c(-c2ccc(Cl)cc2)coc2c3c(ccc12)OCN(CCCN1CCOCC1)C3. The quantitative estimate of drug-likeness (QED) is 0.598. The summed E-state index contributed by atoms with van der Waals surface area (Å²) in [5, 5.41) is 1.21. The lowest BCUT2D eigenvalue weighted by Crippen LogP contribution is -2.39. The van der Waals surface area contributed by atoms with E-state index >= 15 is 0 Å². The molecule has 0 atom stereocenters. The van der Waals surface area contributed by atoms with Gasteiger partial charge in [-0.05, 0) is 42.8 Å². The van der Waals surface area contributed by atoms with E-state index < -0.39 is 0 Å². The zero-order chi connectivity index (χ0) is 21.2. The van der Waals surface area contributed by atoms with E-state index in [-0.39, 0.29) is 5.43 Å². The van der Waals surface area contributed by atoms with Gasteiger partial charge in [0.25, 0.3) is 0 Å². The maximum atomic E-state index is 13.2. The van der Waals surface area contributed by atoms with Crippen molar-refractivity contribution in [1.29, 1.82) is 0 Å². The Kier molecular flexibility index (Phi) is 5.96. The molecular formula is C24H25ClN2O4. The van der Waals surface area contributed by atoms with Crippen LogP contribution in [-0.4, -0.2) is 55.9 Å². The number of morpholine rings is 1. The highest BCUT2D eigenvalue weighted by molar-refractivity contribution is 6.30. The van der Waals surface area contributed by atoms with E-state index in [0.29, 0.717) is 34.8 Å². The first-order valence-corrected chi connectivity index (χ1v) is 11.1. The molecule has 2 aromatic carbocycles. The molecule has 6 nitrogen and oxygen atoms in total. The van der Waals surface area contributed by atoms with Crippen molar-refractivity contribution in [2.24, 2.45) is 0 Å². The average Bonchev–Trinajstić information content (AvgIpc) is 2.81. The number of rotatable bonds is 5. The van der Waals surface area contributed by atoms with Gasteiger partial charge in [-0.3, -0.25) is 14.6 Å². The van der Waals surface area contributed by atoms with Crippen molar-refractivity contribution in [2.75, 3.05) is 46.1 Å². The van der Waals surface area contributed by atoms with E-state index in [0.717, 1.165) is 62.7 Å². The van der Waals surface area contributed by atoms with E-state index in [9.17, 15) is 4.79 Å². The molecule has 0 spiro atoms. The van der Waals surface area contributed by atoms with Gasteiger partial charge in [-0.15, -0.1) is 0 Å². The van der Waals surface area contributed by atoms with Crippen LogP contribution in [0.15, 0.2) is 51.9 Å². The Labute approximate surface area is 185 Å². The van der Waals surface area contributed by atoms with Gasteiger partial charge in [0, 0.05) is 31.2 Å². The molecule has 2 aliphatic rings. The molecule has 0 amide bonds. The van der Waals surface area contributed by atoms with Crippen molar-refractivity contribution in [3.63, 3.8) is 0 Å². The molecule has 3 aromatic rings. The third-order valence-corrected chi connectivity index (χ3v) is 6.25. The number of benzene rings is 2. The van der Waals surface area contributed by atoms with E-state index in [1.807, 2.05) is 18.2 Å². The van der Waals surface area contributed by atoms with Crippen LogP contribution in [0.4, 0.5) is 0 Å². The summed E-state index contributed by atoms with van der Waals surface area (Å²) in [4.78, 5) is 17.9. The predicted octanol–water partition coefficient (Wildman–Crippen LogP) is 3.99. The van der Waals surface area contributed by atoms with Gasteiger partial charge in [0.1, 0.15) is 24.3 Å². The lowest BCUT2D eigenvalue weighted by molar-refractivity contribution is 0.0330. The Balaban J connectivity index is 1.35. The smallest absolute Gasteiger partial charge is 0.200 e. The fraction of sp³-hybridized carbons (Fsp3) is 0.375. The number of halogens is 1. The first-order chi connectivity index (χ1) is 15.2. The molecule has 31 heavy (non-hydrogen) atoms. The predicted molar refractivity (Wildman–Crippen MR) is 121 cm³/mol. The molecule has 0 radical (unpaired) electrons. The second-order valence-electron chi connectivity index (χ2n) is 8.04. The van der Waals surface area contributed by atoms with Gasteiger partial charge in [0.05, 0.1) is 29.7 Å². The maximum absolute atomic E-state index is 13.2.